The molecule has 0 aromatic carbocycles. The summed E-state index contributed by atoms with van der Waals surface area (Å²) in [5, 5.41) is 41.4. The predicted molar refractivity (Wildman–Crippen MR) is 226 cm³/mol. The van der Waals surface area contributed by atoms with Crippen molar-refractivity contribution in [1.82, 2.24) is 5.32 Å². The Bertz CT molecular complexity index is 1610. The second kappa shape index (κ2) is 19.4. The van der Waals surface area contributed by atoms with Crippen LogP contribution in [0.5, 0.6) is 0 Å². The van der Waals surface area contributed by atoms with E-state index in [4.69, 9.17) is 27.8 Å². The second-order valence-corrected chi connectivity index (χ2v) is 28.9. The van der Waals surface area contributed by atoms with Gasteiger partial charge in [-0.05, 0) is 89.0 Å². The molecule has 341 valence electrons. The molecule has 1 aliphatic heterocycles. The fourth-order valence-corrected chi connectivity index (χ4v) is 16.4. The average molecular weight is 1100 g/mol. The zero-order valence-electron chi connectivity index (χ0n) is 39.0. The van der Waals surface area contributed by atoms with Crippen LogP contribution in [0.25, 0.3) is 0 Å². The van der Waals surface area contributed by atoms with Gasteiger partial charge in [0.25, 0.3) is 0 Å². The van der Waals surface area contributed by atoms with E-state index < -0.39 is 117 Å². The quantitative estimate of drug-likeness (QED) is 0.0637. The van der Waals surface area contributed by atoms with Crippen LogP contribution in [-0.4, -0.2) is 122 Å². The summed E-state index contributed by atoms with van der Waals surface area (Å²) in [4.78, 5) is 56.2. The third kappa shape index (κ3) is 9.48. The molecule has 60 heavy (non-hydrogen) atoms. The number of Topliss-reactive ketones (excluding diaryl/α,β-unsaturated/α-hetero) is 1. The van der Waals surface area contributed by atoms with Crippen molar-refractivity contribution in [2.24, 2.45) is 16.7 Å². The number of ether oxygens (including phenoxy) is 4. The van der Waals surface area contributed by atoms with E-state index in [0.717, 1.165) is 18.1 Å². The minimum Gasteiger partial charge on any atom is -0.459 e. The van der Waals surface area contributed by atoms with Crippen molar-refractivity contribution in [3.63, 3.8) is 0 Å². The van der Waals surface area contributed by atoms with Gasteiger partial charge in [-0.25, -0.2) is 9.59 Å². The number of amides is 1. The van der Waals surface area contributed by atoms with E-state index in [1.807, 2.05) is 20.8 Å². The van der Waals surface area contributed by atoms with Crippen molar-refractivity contribution in [2.75, 3.05) is 6.61 Å². The molecule has 1 saturated heterocycles. The number of hydrogen-bond acceptors (Lipinski definition) is 13. The number of alkyl carbamates (subject to hydrolysis) is 1. The van der Waals surface area contributed by atoms with Crippen molar-refractivity contribution in [2.45, 2.75) is 212 Å². The van der Waals surface area contributed by atoms with E-state index in [2.05, 4.69) is 26.1 Å². The fourth-order valence-electron chi connectivity index (χ4n) is 10.6. The van der Waals surface area contributed by atoms with Crippen LogP contribution < -0.4 is 5.32 Å². The first-order valence-corrected chi connectivity index (χ1v) is 26.9. The molecule has 3 fully saturated rings. The molecule has 1 unspecified atom stereocenters. The molecule has 3 aliphatic carbocycles. The number of carbonyl (C=O) groups excluding carboxylic acids is 4. The maximum absolute atomic E-state index is 15.4. The number of aliphatic hydroxyl groups excluding tert-OH is 1. The van der Waals surface area contributed by atoms with Gasteiger partial charge in [0.1, 0.15) is 35.1 Å². The maximum atomic E-state index is 15.4. The third-order valence-corrected chi connectivity index (χ3v) is 24.2. The van der Waals surface area contributed by atoms with Gasteiger partial charge in [0.2, 0.25) is 0 Å². The molecule has 2 bridgehead atoms. The SMILES string of the molecule is CC[Si](CC)(CC)O[C@H]1C[C@H]2OC[C@@]2(O)[C@H]2[C@H](OC(C)=O)[C@]3(O)CC(OC(=O)[C@H](O[Si](CC)(CC)CC)[C@H](C)NC(=O)OC(C)(C)C)C(C)=C([C@@H](O)C(=O)[C@]12C)C3(C)C.[Ac]. The summed E-state index contributed by atoms with van der Waals surface area (Å²) in [6.45, 7) is 26.7. The first kappa shape index (κ1) is 53.6. The Morgan fingerprint density at radius 3 is 1.92 bits per heavy atom. The molecular weight excluding hydrogens is 1020 g/mol. The molecule has 17 heteroatoms. The second-order valence-electron chi connectivity index (χ2n) is 19.4. The number of nitrogens with one attached hydrogen (secondary N) is 1. The minimum atomic E-state index is -2.53. The molecule has 4 rings (SSSR count). The summed E-state index contributed by atoms with van der Waals surface area (Å²) < 4.78 is 37.8. The molecule has 0 aromatic rings. The summed E-state index contributed by atoms with van der Waals surface area (Å²) in [5.74, 6) is -3.52. The van der Waals surface area contributed by atoms with Crippen LogP contribution in [0, 0.1) is 60.8 Å². The van der Waals surface area contributed by atoms with Crippen LogP contribution in [0.1, 0.15) is 117 Å². The van der Waals surface area contributed by atoms with Crippen LogP contribution >= 0.6 is 0 Å². The Morgan fingerprint density at radius 2 is 1.47 bits per heavy atom. The van der Waals surface area contributed by atoms with E-state index in [1.165, 1.54) is 6.92 Å². The molecule has 1 radical (unpaired) electrons. The Labute approximate surface area is 396 Å². The van der Waals surface area contributed by atoms with Gasteiger partial charge < -0.3 is 48.4 Å². The van der Waals surface area contributed by atoms with Gasteiger partial charge in [-0.3, -0.25) is 9.59 Å². The van der Waals surface area contributed by atoms with Gasteiger partial charge in [-0.1, -0.05) is 55.4 Å². The van der Waals surface area contributed by atoms with Crippen molar-refractivity contribution in [1.29, 1.82) is 0 Å². The van der Waals surface area contributed by atoms with Crippen LogP contribution in [-0.2, 0) is 42.2 Å². The number of ketones is 1. The van der Waals surface area contributed by atoms with Gasteiger partial charge in [0, 0.05) is 75.2 Å². The molecule has 11 atom stereocenters. The van der Waals surface area contributed by atoms with Crippen molar-refractivity contribution < 1.29 is 106 Å². The molecule has 0 aromatic heterocycles. The first-order chi connectivity index (χ1) is 27.2. The molecule has 0 spiro atoms. The molecule has 4 N–H and O–H groups in total. The van der Waals surface area contributed by atoms with E-state index >= 15 is 4.79 Å². The largest absolute Gasteiger partial charge is 0.459 e. The van der Waals surface area contributed by atoms with E-state index in [0.29, 0.717) is 23.7 Å². The summed E-state index contributed by atoms with van der Waals surface area (Å²) in [7, 11) is -4.99. The fraction of sp³-hybridized carbons (Fsp3) is 0.860. The molecular formula is C43H75AcNO13Si2. The van der Waals surface area contributed by atoms with E-state index in [9.17, 15) is 29.7 Å². The van der Waals surface area contributed by atoms with Gasteiger partial charge in [0.05, 0.1) is 30.3 Å². The molecule has 14 nitrogen and oxygen atoms in total. The minimum absolute atomic E-state index is 0. The zero-order chi connectivity index (χ0) is 44.9. The summed E-state index contributed by atoms with van der Waals surface area (Å²) in [5.41, 5.74) is -7.34. The number of hydrogen-bond donors (Lipinski definition) is 4. The number of rotatable bonds is 15. The number of aliphatic hydroxyl groups is 3. The Morgan fingerprint density at radius 1 is 0.933 bits per heavy atom. The smallest absolute Gasteiger partial charge is 0.407 e. The van der Waals surface area contributed by atoms with Crippen molar-refractivity contribution in [3.8, 4) is 0 Å². The maximum Gasteiger partial charge on any atom is 0.407 e. The topological polar surface area (TPSA) is 196 Å². The molecule has 2 saturated carbocycles. The normalized spacial score (nSPS) is 33.7. The Balaban J connectivity index is 0.00000961. The Hall–Kier alpha value is -0.745. The van der Waals surface area contributed by atoms with E-state index in [1.54, 1.807) is 55.4 Å². The van der Waals surface area contributed by atoms with E-state index in [-0.39, 0.29) is 69.1 Å². The average Bonchev–Trinajstić information content (AvgIpc) is 3.14. The van der Waals surface area contributed by atoms with Gasteiger partial charge in [-0.2, -0.15) is 0 Å². The number of fused-ring (bicyclic) bond motifs is 5. The van der Waals surface area contributed by atoms with Gasteiger partial charge in [-0.15, -0.1) is 0 Å². The van der Waals surface area contributed by atoms with Crippen molar-refractivity contribution in [3.05, 3.63) is 11.1 Å². The predicted octanol–water partition coefficient (Wildman–Crippen LogP) is 6.10. The van der Waals surface area contributed by atoms with Gasteiger partial charge in [0.15, 0.2) is 28.5 Å². The van der Waals surface area contributed by atoms with Crippen LogP contribution in [0.2, 0.25) is 36.3 Å². The molecule has 1 heterocycles. The summed E-state index contributed by atoms with van der Waals surface area (Å²) in [6.07, 6.45) is -8.46. The number of carbonyl (C=O) groups is 4. The summed E-state index contributed by atoms with van der Waals surface area (Å²) >= 11 is 0. The number of esters is 2. The Kier molecular flexibility index (Phi) is 17.3. The first-order valence-electron chi connectivity index (χ1n) is 21.9. The van der Waals surface area contributed by atoms with Crippen LogP contribution in [0.15, 0.2) is 11.1 Å². The summed E-state index contributed by atoms with van der Waals surface area (Å²) in [6, 6.07) is 3.46. The van der Waals surface area contributed by atoms with Crippen LogP contribution in [0.3, 0.4) is 0 Å². The zero-order valence-corrected chi connectivity index (χ0v) is 45.7. The molecule has 4 aliphatic rings. The van der Waals surface area contributed by atoms with Gasteiger partial charge >= 0.3 is 18.0 Å². The third-order valence-electron chi connectivity index (χ3n) is 15.0. The molecule has 1 amide bonds. The van der Waals surface area contributed by atoms with Crippen LogP contribution in [0.4, 0.5) is 4.79 Å². The van der Waals surface area contributed by atoms with Crippen molar-refractivity contribution >= 4 is 40.4 Å². The standard InChI is InChI=1S/C43H75NO13Si2.Ac/c1-16-58(17-2,18-3)56-29-22-30-42(50,24-52-30)34-36(53-27(9)45)43(51)23-28(25(7)31(40(43,13)14)32(46)35(47)41(29,34)15)54-37(48)33(57-59(19-4,20-5)21-6)26(8)44-38(49)55-39(10,11)12;/h26,28-30,32-34,36,46,50-51H,16-24H2,1-15H3,(H,44,49);/t26-,28?,29-,30+,32+,33+,34-,36-,41+,42-,43+;/m0./s1. The monoisotopic (exact) mass is 1100 g/mol.